The van der Waals surface area contributed by atoms with Gasteiger partial charge in [0.25, 0.3) is 0 Å². The minimum Gasteiger partial charge on any atom is -0.448 e. The minimum atomic E-state index is 0.159. The molecule has 3 nitrogen and oxygen atoms in total. The Morgan fingerprint density at radius 1 is 1.31 bits per heavy atom. The molecule has 0 aliphatic carbocycles. The van der Waals surface area contributed by atoms with Crippen LogP contribution < -0.4 is 0 Å². The predicted molar refractivity (Wildman–Crippen MR) is 65.0 cm³/mol. The molecule has 0 saturated heterocycles. The van der Waals surface area contributed by atoms with Crippen LogP contribution in [0.25, 0.3) is 11.3 Å². The first kappa shape index (κ1) is 11.4. The Morgan fingerprint density at radius 3 is 2.88 bits per heavy atom. The van der Waals surface area contributed by atoms with Gasteiger partial charge in [0.1, 0.15) is 12.0 Å². The van der Waals surface area contributed by atoms with Crippen LogP contribution in [-0.4, -0.2) is 16.7 Å². The molecule has 16 heavy (non-hydrogen) atoms. The van der Waals surface area contributed by atoms with Crippen LogP contribution in [0.4, 0.5) is 0 Å². The van der Waals surface area contributed by atoms with E-state index in [4.69, 9.17) is 9.52 Å². The molecule has 0 fully saturated rings. The van der Waals surface area contributed by atoms with Gasteiger partial charge in [0.15, 0.2) is 5.89 Å². The van der Waals surface area contributed by atoms with Gasteiger partial charge in [-0.1, -0.05) is 34.1 Å². The van der Waals surface area contributed by atoms with Gasteiger partial charge in [-0.2, -0.15) is 0 Å². The number of nitrogens with zero attached hydrogens (tertiary/aromatic N) is 1. The summed E-state index contributed by atoms with van der Waals surface area (Å²) in [6.45, 7) is 0.159. The summed E-state index contributed by atoms with van der Waals surface area (Å²) < 4.78 is 6.33. The average molecular weight is 282 g/mol. The van der Waals surface area contributed by atoms with Crippen molar-refractivity contribution in [1.29, 1.82) is 0 Å². The summed E-state index contributed by atoms with van der Waals surface area (Å²) in [6.07, 6.45) is 2.99. The van der Waals surface area contributed by atoms with E-state index in [0.717, 1.165) is 15.7 Å². The molecule has 0 aliphatic heterocycles. The highest BCUT2D eigenvalue weighted by Gasteiger charge is 2.08. The van der Waals surface area contributed by atoms with Crippen molar-refractivity contribution < 1.29 is 9.52 Å². The van der Waals surface area contributed by atoms with Crippen LogP contribution in [0.1, 0.15) is 12.3 Å². The summed E-state index contributed by atoms with van der Waals surface area (Å²) >= 11 is 3.47. The van der Waals surface area contributed by atoms with E-state index in [1.54, 1.807) is 6.26 Å². The van der Waals surface area contributed by atoms with Crippen molar-refractivity contribution in [2.75, 3.05) is 6.61 Å². The number of oxazole rings is 1. The molecule has 0 spiro atoms. The molecule has 1 heterocycles. The topological polar surface area (TPSA) is 46.3 Å². The van der Waals surface area contributed by atoms with E-state index in [1.165, 1.54) is 0 Å². The van der Waals surface area contributed by atoms with Crippen LogP contribution in [0.3, 0.4) is 0 Å². The van der Waals surface area contributed by atoms with Crippen LogP contribution in [0.2, 0.25) is 0 Å². The summed E-state index contributed by atoms with van der Waals surface area (Å²) in [7, 11) is 0. The lowest BCUT2D eigenvalue weighted by molar-refractivity contribution is 0.283. The van der Waals surface area contributed by atoms with Gasteiger partial charge in [-0.25, -0.2) is 4.98 Å². The molecule has 84 valence electrons. The number of hydrogen-bond donors (Lipinski definition) is 1. The number of benzene rings is 1. The molecule has 0 amide bonds. The predicted octanol–water partition coefficient (Wildman–Crippen LogP) is 3.03. The van der Waals surface area contributed by atoms with Crippen LogP contribution >= 0.6 is 15.9 Å². The first-order chi connectivity index (χ1) is 7.81. The molecule has 0 saturated carbocycles. The van der Waals surface area contributed by atoms with E-state index in [9.17, 15) is 0 Å². The van der Waals surface area contributed by atoms with Crippen molar-refractivity contribution in [1.82, 2.24) is 4.98 Å². The standard InChI is InChI=1S/C12H12BrNO2/c13-10-5-2-1-4-9(10)11-8-16-12(14-11)6-3-7-15/h1-2,4-5,8,15H,3,6-7H2. The van der Waals surface area contributed by atoms with Crippen molar-refractivity contribution >= 4 is 15.9 Å². The van der Waals surface area contributed by atoms with Crippen molar-refractivity contribution in [2.24, 2.45) is 0 Å². The first-order valence-electron chi connectivity index (χ1n) is 5.11. The third kappa shape index (κ3) is 2.51. The fourth-order valence-corrected chi connectivity index (χ4v) is 1.94. The van der Waals surface area contributed by atoms with E-state index >= 15 is 0 Å². The summed E-state index contributed by atoms with van der Waals surface area (Å²) in [6, 6.07) is 7.87. The van der Waals surface area contributed by atoms with Crippen LogP contribution in [0.5, 0.6) is 0 Å². The number of rotatable bonds is 4. The summed E-state index contributed by atoms with van der Waals surface area (Å²) in [5, 5.41) is 8.72. The quantitative estimate of drug-likeness (QED) is 0.937. The maximum Gasteiger partial charge on any atom is 0.194 e. The molecule has 1 aromatic carbocycles. The third-order valence-electron chi connectivity index (χ3n) is 2.25. The number of aliphatic hydroxyl groups is 1. The second kappa shape index (κ2) is 5.27. The molecule has 0 radical (unpaired) electrons. The second-order valence-corrected chi connectivity index (χ2v) is 4.29. The van der Waals surface area contributed by atoms with Crippen LogP contribution in [-0.2, 0) is 6.42 Å². The van der Waals surface area contributed by atoms with Crippen molar-refractivity contribution in [3.05, 3.63) is 40.9 Å². The Bertz CT molecular complexity index is 468. The molecular formula is C12H12BrNO2. The Morgan fingerprint density at radius 2 is 2.12 bits per heavy atom. The first-order valence-corrected chi connectivity index (χ1v) is 5.90. The highest BCUT2D eigenvalue weighted by molar-refractivity contribution is 9.10. The lowest BCUT2D eigenvalue weighted by Gasteiger charge is -1.97. The molecule has 2 rings (SSSR count). The van der Waals surface area contributed by atoms with E-state index < -0.39 is 0 Å². The summed E-state index contributed by atoms with van der Waals surface area (Å²) in [5.74, 6) is 0.666. The fraction of sp³-hybridized carbons (Fsp3) is 0.250. The highest BCUT2D eigenvalue weighted by Crippen LogP contribution is 2.27. The van der Waals surface area contributed by atoms with Gasteiger partial charge in [0.2, 0.25) is 0 Å². The van der Waals surface area contributed by atoms with E-state index in [0.29, 0.717) is 18.7 Å². The number of aromatic nitrogens is 1. The largest absolute Gasteiger partial charge is 0.448 e. The summed E-state index contributed by atoms with van der Waals surface area (Å²) in [4.78, 5) is 4.37. The number of halogens is 1. The van der Waals surface area contributed by atoms with Gasteiger partial charge >= 0.3 is 0 Å². The van der Waals surface area contributed by atoms with Gasteiger partial charge in [-0.05, 0) is 12.5 Å². The zero-order chi connectivity index (χ0) is 11.4. The smallest absolute Gasteiger partial charge is 0.194 e. The van der Waals surface area contributed by atoms with E-state index in [2.05, 4.69) is 20.9 Å². The SMILES string of the molecule is OCCCc1nc(-c2ccccc2Br)co1. The molecule has 0 bridgehead atoms. The Kier molecular flexibility index (Phi) is 3.74. The molecule has 0 unspecified atom stereocenters. The van der Waals surface area contributed by atoms with Crippen LogP contribution in [0, 0.1) is 0 Å². The molecule has 0 aliphatic rings. The average Bonchev–Trinajstić information content (AvgIpc) is 2.75. The minimum absolute atomic E-state index is 0.159. The highest BCUT2D eigenvalue weighted by atomic mass is 79.9. The van der Waals surface area contributed by atoms with E-state index in [-0.39, 0.29) is 6.61 Å². The summed E-state index contributed by atoms with van der Waals surface area (Å²) in [5.41, 5.74) is 1.84. The van der Waals surface area contributed by atoms with Crippen molar-refractivity contribution in [3.8, 4) is 11.3 Å². The number of hydrogen-bond acceptors (Lipinski definition) is 3. The van der Waals surface area contributed by atoms with Gasteiger partial charge < -0.3 is 9.52 Å². The Hall–Kier alpha value is -1.13. The zero-order valence-corrected chi connectivity index (χ0v) is 10.3. The molecule has 2 aromatic rings. The van der Waals surface area contributed by atoms with Crippen molar-refractivity contribution in [3.63, 3.8) is 0 Å². The zero-order valence-electron chi connectivity index (χ0n) is 8.69. The van der Waals surface area contributed by atoms with Gasteiger partial charge in [0, 0.05) is 23.1 Å². The Balaban J connectivity index is 2.22. The van der Waals surface area contributed by atoms with Gasteiger partial charge in [-0.15, -0.1) is 0 Å². The lowest BCUT2D eigenvalue weighted by Crippen LogP contribution is -1.89. The number of aryl methyl sites for hydroxylation is 1. The molecule has 0 atom stereocenters. The monoisotopic (exact) mass is 281 g/mol. The van der Waals surface area contributed by atoms with Gasteiger partial charge in [-0.3, -0.25) is 0 Å². The van der Waals surface area contributed by atoms with E-state index in [1.807, 2.05) is 24.3 Å². The molecular weight excluding hydrogens is 270 g/mol. The normalized spacial score (nSPS) is 10.6. The van der Waals surface area contributed by atoms with Gasteiger partial charge in [0.05, 0.1) is 0 Å². The van der Waals surface area contributed by atoms with Crippen LogP contribution in [0.15, 0.2) is 39.4 Å². The molecule has 1 N–H and O–H groups in total. The maximum atomic E-state index is 8.72. The fourth-order valence-electron chi connectivity index (χ4n) is 1.45. The lowest BCUT2D eigenvalue weighted by atomic mass is 10.2. The Labute approximate surface area is 102 Å². The second-order valence-electron chi connectivity index (χ2n) is 3.43. The van der Waals surface area contributed by atoms with Crippen molar-refractivity contribution in [2.45, 2.75) is 12.8 Å². The molecule has 1 aromatic heterocycles. The maximum absolute atomic E-state index is 8.72. The molecule has 4 heteroatoms. The number of aliphatic hydroxyl groups excluding tert-OH is 1. The third-order valence-corrected chi connectivity index (χ3v) is 2.94.